The first kappa shape index (κ1) is 14.8. The predicted molar refractivity (Wildman–Crippen MR) is 80.5 cm³/mol. The van der Waals surface area contributed by atoms with Gasteiger partial charge in [0.05, 0.1) is 4.92 Å². The van der Waals surface area contributed by atoms with Gasteiger partial charge < -0.3 is 5.73 Å². The highest BCUT2D eigenvalue weighted by Gasteiger charge is 2.24. The summed E-state index contributed by atoms with van der Waals surface area (Å²) in [6.45, 7) is 9.25. The predicted octanol–water partition coefficient (Wildman–Crippen LogP) is 2.96. The van der Waals surface area contributed by atoms with Gasteiger partial charge in [0.2, 0.25) is 0 Å². The number of rotatable bonds is 3. The number of aryl methyl sites for hydroxylation is 1. The molecule has 1 aromatic rings. The molecule has 110 valence electrons. The third kappa shape index (κ3) is 3.10. The number of piperidine rings is 1. The van der Waals surface area contributed by atoms with E-state index >= 15 is 0 Å². The fraction of sp³-hybridized carbons (Fsp3) is 0.600. The fourth-order valence-electron chi connectivity index (χ4n) is 3.28. The molecule has 0 bridgehead atoms. The molecule has 20 heavy (non-hydrogen) atoms. The van der Waals surface area contributed by atoms with Crippen molar-refractivity contribution in [2.75, 3.05) is 18.8 Å². The van der Waals surface area contributed by atoms with Crippen LogP contribution in [0.25, 0.3) is 0 Å². The molecule has 1 heterocycles. The van der Waals surface area contributed by atoms with Gasteiger partial charge in [-0.2, -0.15) is 0 Å². The zero-order valence-corrected chi connectivity index (χ0v) is 12.4. The topological polar surface area (TPSA) is 72.4 Å². The van der Waals surface area contributed by atoms with Gasteiger partial charge in [0, 0.05) is 25.7 Å². The molecule has 2 rings (SSSR count). The number of hydrogen-bond acceptors (Lipinski definition) is 4. The smallest absolute Gasteiger partial charge is 0.292 e. The van der Waals surface area contributed by atoms with Crippen LogP contribution in [0.15, 0.2) is 12.1 Å². The van der Waals surface area contributed by atoms with Crippen molar-refractivity contribution in [3.05, 3.63) is 33.4 Å². The van der Waals surface area contributed by atoms with Gasteiger partial charge in [-0.3, -0.25) is 15.0 Å². The first-order chi connectivity index (χ1) is 9.38. The van der Waals surface area contributed by atoms with Crippen molar-refractivity contribution >= 4 is 11.4 Å². The van der Waals surface area contributed by atoms with E-state index in [9.17, 15) is 10.1 Å². The van der Waals surface area contributed by atoms with Crippen molar-refractivity contribution in [1.29, 1.82) is 0 Å². The van der Waals surface area contributed by atoms with Crippen molar-refractivity contribution in [2.45, 2.75) is 33.7 Å². The Morgan fingerprint density at radius 3 is 2.50 bits per heavy atom. The van der Waals surface area contributed by atoms with Crippen LogP contribution < -0.4 is 5.73 Å². The van der Waals surface area contributed by atoms with Crippen LogP contribution in [0.4, 0.5) is 11.4 Å². The quantitative estimate of drug-likeness (QED) is 0.524. The van der Waals surface area contributed by atoms with Gasteiger partial charge in [-0.05, 0) is 36.3 Å². The maximum Gasteiger partial charge on any atom is 0.292 e. The van der Waals surface area contributed by atoms with Crippen LogP contribution in [0.3, 0.4) is 0 Å². The van der Waals surface area contributed by atoms with E-state index in [4.69, 9.17) is 5.73 Å². The lowest BCUT2D eigenvalue weighted by Gasteiger charge is -2.35. The molecule has 0 saturated carbocycles. The largest absolute Gasteiger partial charge is 0.393 e. The van der Waals surface area contributed by atoms with E-state index in [1.54, 1.807) is 6.07 Å². The van der Waals surface area contributed by atoms with Gasteiger partial charge in [0.15, 0.2) is 0 Å². The Morgan fingerprint density at radius 1 is 1.35 bits per heavy atom. The second-order valence-corrected chi connectivity index (χ2v) is 6.19. The highest BCUT2D eigenvalue weighted by molar-refractivity contribution is 5.65. The number of likely N-dealkylation sites (tertiary alicyclic amines) is 1. The Labute approximate surface area is 119 Å². The standard InChI is InChI=1S/C15H23N3O2/c1-10-6-11(2)8-17(7-10)9-13-12(3)4-5-14(15(13)16)18(19)20/h4-5,10-11H,6-9,16H2,1-3H3. The normalized spacial score (nSPS) is 23.8. The SMILES string of the molecule is Cc1ccc([N+](=O)[O-])c(N)c1CN1CC(C)CC(C)C1. The van der Waals surface area contributed by atoms with Crippen LogP contribution in [0.2, 0.25) is 0 Å². The van der Waals surface area contributed by atoms with Gasteiger partial charge in [0.25, 0.3) is 5.69 Å². The number of anilines is 1. The molecule has 1 fully saturated rings. The highest BCUT2D eigenvalue weighted by atomic mass is 16.6. The van der Waals surface area contributed by atoms with E-state index in [0.29, 0.717) is 24.1 Å². The maximum atomic E-state index is 11.0. The lowest BCUT2D eigenvalue weighted by Crippen LogP contribution is -2.38. The third-order valence-corrected chi connectivity index (χ3v) is 4.09. The van der Waals surface area contributed by atoms with Gasteiger partial charge in [-0.15, -0.1) is 0 Å². The Kier molecular flexibility index (Phi) is 4.28. The lowest BCUT2D eigenvalue weighted by molar-refractivity contribution is -0.384. The van der Waals surface area contributed by atoms with Crippen LogP contribution in [0.5, 0.6) is 0 Å². The Bertz CT molecular complexity index is 506. The summed E-state index contributed by atoms with van der Waals surface area (Å²) in [6.07, 6.45) is 1.25. The molecule has 0 aliphatic carbocycles. The van der Waals surface area contributed by atoms with E-state index in [-0.39, 0.29) is 5.69 Å². The second kappa shape index (κ2) is 5.79. The van der Waals surface area contributed by atoms with E-state index in [0.717, 1.165) is 24.2 Å². The minimum atomic E-state index is -0.403. The van der Waals surface area contributed by atoms with Crippen molar-refractivity contribution in [1.82, 2.24) is 4.90 Å². The molecule has 1 aliphatic rings. The lowest BCUT2D eigenvalue weighted by atomic mass is 9.91. The summed E-state index contributed by atoms with van der Waals surface area (Å²) in [7, 11) is 0. The monoisotopic (exact) mass is 277 g/mol. The summed E-state index contributed by atoms with van der Waals surface area (Å²) >= 11 is 0. The number of hydrogen-bond donors (Lipinski definition) is 1. The first-order valence-corrected chi connectivity index (χ1v) is 7.13. The molecule has 5 nitrogen and oxygen atoms in total. The Morgan fingerprint density at radius 2 is 1.95 bits per heavy atom. The molecule has 2 N–H and O–H groups in total. The number of nitro benzene ring substituents is 1. The van der Waals surface area contributed by atoms with Gasteiger partial charge in [-0.25, -0.2) is 0 Å². The minimum absolute atomic E-state index is 0.0173. The summed E-state index contributed by atoms with van der Waals surface area (Å²) < 4.78 is 0. The summed E-state index contributed by atoms with van der Waals surface area (Å²) in [5.41, 5.74) is 8.27. The highest BCUT2D eigenvalue weighted by Crippen LogP contribution is 2.30. The average molecular weight is 277 g/mol. The number of nitrogen functional groups attached to an aromatic ring is 1. The van der Waals surface area contributed by atoms with Gasteiger partial charge in [0.1, 0.15) is 5.69 Å². The second-order valence-electron chi connectivity index (χ2n) is 6.19. The average Bonchev–Trinajstić information content (AvgIpc) is 2.32. The third-order valence-electron chi connectivity index (χ3n) is 4.09. The maximum absolute atomic E-state index is 11.0. The molecule has 1 saturated heterocycles. The molecular formula is C15H23N3O2. The molecule has 0 aromatic heterocycles. The van der Waals surface area contributed by atoms with Crippen LogP contribution >= 0.6 is 0 Å². The van der Waals surface area contributed by atoms with Crippen molar-refractivity contribution < 1.29 is 4.92 Å². The van der Waals surface area contributed by atoms with Crippen LogP contribution in [0.1, 0.15) is 31.4 Å². The number of benzene rings is 1. The van der Waals surface area contributed by atoms with E-state index < -0.39 is 4.92 Å². The van der Waals surface area contributed by atoms with Gasteiger partial charge >= 0.3 is 0 Å². The summed E-state index contributed by atoms with van der Waals surface area (Å²) in [6, 6.07) is 3.29. The van der Waals surface area contributed by atoms with E-state index in [2.05, 4.69) is 18.7 Å². The van der Waals surface area contributed by atoms with Crippen molar-refractivity contribution in [3.63, 3.8) is 0 Å². The number of nitro groups is 1. The molecule has 2 atom stereocenters. The van der Waals surface area contributed by atoms with E-state index in [1.165, 1.54) is 12.5 Å². The molecule has 1 aromatic carbocycles. The van der Waals surface area contributed by atoms with Crippen LogP contribution in [-0.4, -0.2) is 22.9 Å². The summed E-state index contributed by atoms with van der Waals surface area (Å²) in [5, 5.41) is 11.0. The minimum Gasteiger partial charge on any atom is -0.393 e. The molecule has 0 amide bonds. The van der Waals surface area contributed by atoms with Crippen molar-refractivity contribution in [3.8, 4) is 0 Å². The summed E-state index contributed by atoms with van der Waals surface area (Å²) in [5.74, 6) is 1.33. The molecule has 1 aliphatic heterocycles. The molecule has 2 unspecified atom stereocenters. The summed E-state index contributed by atoms with van der Waals surface area (Å²) in [4.78, 5) is 13.0. The van der Waals surface area contributed by atoms with Gasteiger partial charge in [-0.1, -0.05) is 19.9 Å². The van der Waals surface area contributed by atoms with Crippen LogP contribution in [0, 0.1) is 28.9 Å². The van der Waals surface area contributed by atoms with Crippen LogP contribution in [-0.2, 0) is 6.54 Å². The Balaban J connectivity index is 2.24. The van der Waals surface area contributed by atoms with Crippen molar-refractivity contribution in [2.24, 2.45) is 11.8 Å². The molecule has 0 spiro atoms. The first-order valence-electron chi connectivity index (χ1n) is 7.13. The number of nitrogens with two attached hydrogens (primary N) is 1. The molecule has 5 heteroatoms. The fourth-order valence-corrected chi connectivity index (χ4v) is 3.28. The van der Waals surface area contributed by atoms with E-state index in [1.807, 2.05) is 6.92 Å². The molecular weight excluding hydrogens is 254 g/mol. The molecule has 0 radical (unpaired) electrons. The zero-order valence-electron chi connectivity index (χ0n) is 12.4. The Hall–Kier alpha value is -1.62. The zero-order chi connectivity index (χ0) is 14.9. The number of nitrogens with zero attached hydrogens (tertiary/aromatic N) is 2.